The van der Waals surface area contributed by atoms with E-state index in [9.17, 15) is 9.59 Å². The SMILES string of the molecule is CCC(C(=O)NC)N(Cc1ccc(Cl)c(Cl)c1)C(=O)CCSc1ccccc1. The molecular weight excluding hydrogens is 415 g/mol. The number of carbonyl (C=O) groups excluding carboxylic acids is 2. The van der Waals surface area contributed by atoms with Gasteiger partial charge in [0.25, 0.3) is 0 Å². The van der Waals surface area contributed by atoms with Gasteiger partial charge in [0.1, 0.15) is 6.04 Å². The summed E-state index contributed by atoms with van der Waals surface area (Å²) in [5, 5.41) is 3.54. The minimum absolute atomic E-state index is 0.0649. The largest absolute Gasteiger partial charge is 0.357 e. The Hall–Kier alpha value is -1.69. The molecule has 0 aliphatic carbocycles. The van der Waals surface area contributed by atoms with E-state index in [4.69, 9.17) is 23.2 Å². The highest BCUT2D eigenvalue weighted by Gasteiger charge is 2.27. The third-order valence-electron chi connectivity index (χ3n) is 4.30. The van der Waals surface area contributed by atoms with E-state index in [0.717, 1.165) is 10.5 Å². The van der Waals surface area contributed by atoms with Crippen molar-refractivity contribution in [3.63, 3.8) is 0 Å². The van der Waals surface area contributed by atoms with Crippen molar-refractivity contribution < 1.29 is 9.59 Å². The van der Waals surface area contributed by atoms with Gasteiger partial charge >= 0.3 is 0 Å². The lowest BCUT2D eigenvalue weighted by Crippen LogP contribution is -2.48. The maximum Gasteiger partial charge on any atom is 0.242 e. The van der Waals surface area contributed by atoms with Gasteiger partial charge in [0.05, 0.1) is 10.0 Å². The van der Waals surface area contributed by atoms with Crippen LogP contribution in [-0.2, 0) is 16.1 Å². The molecule has 2 rings (SSSR count). The summed E-state index contributed by atoms with van der Waals surface area (Å²) in [5.74, 6) is 0.404. The van der Waals surface area contributed by atoms with Gasteiger partial charge in [-0.1, -0.05) is 54.4 Å². The summed E-state index contributed by atoms with van der Waals surface area (Å²) in [6, 6.07) is 14.7. The number of hydrogen-bond acceptors (Lipinski definition) is 3. The van der Waals surface area contributed by atoms with Crippen molar-refractivity contribution >= 4 is 46.8 Å². The van der Waals surface area contributed by atoms with Crippen LogP contribution in [0.3, 0.4) is 0 Å². The molecule has 2 aromatic carbocycles. The molecule has 0 aliphatic heterocycles. The summed E-state index contributed by atoms with van der Waals surface area (Å²) in [6.45, 7) is 2.20. The molecule has 28 heavy (non-hydrogen) atoms. The number of likely N-dealkylation sites (N-methyl/N-ethyl adjacent to an activating group) is 1. The fourth-order valence-corrected chi connectivity index (χ4v) is 4.02. The molecule has 0 saturated heterocycles. The molecule has 150 valence electrons. The number of nitrogens with one attached hydrogen (secondary N) is 1. The second kappa shape index (κ2) is 11.3. The number of rotatable bonds is 9. The van der Waals surface area contributed by atoms with Gasteiger partial charge in [-0.15, -0.1) is 11.8 Å². The molecule has 4 nitrogen and oxygen atoms in total. The maximum absolute atomic E-state index is 13.0. The van der Waals surface area contributed by atoms with Gasteiger partial charge in [-0.3, -0.25) is 9.59 Å². The summed E-state index contributed by atoms with van der Waals surface area (Å²) in [7, 11) is 1.58. The lowest BCUT2D eigenvalue weighted by Gasteiger charge is -2.30. The van der Waals surface area contributed by atoms with E-state index in [0.29, 0.717) is 35.2 Å². The van der Waals surface area contributed by atoms with Crippen LogP contribution in [0.4, 0.5) is 0 Å². The van der Waals surface area contributed by atoms with Crippen molar-refractivity contribution in [1.82, 2.24) is 10.2 Å². The number of thioether (sulfide) groups is 1. The first-order valence-corrected chi connectivity index (χ1v) is 10.8. The summed E-state index contributed by atoms with van der Waals surface area (Å²) >= 11 is 13.7. The third kappa shape index (κ3) is 6.43. The van der Waals surface area contributed by atoms with Gasteiger partial charge in [0.15, 0.2) is 0 Å². The predicted molar refractivity (Wildman–Crippen MR) is 117 cm³/mol. The fraction of sp³-hybridized carbons (Fsp3) is 0.333. The summed E-state index contributed by atoms with van der Waals surface area (Å²) in [5.41, 5.74) is 0.834. The fourth-order valence-electron chi connectivity index (χ4n) is 2.84. The van der Waals surface area contributed by atoms with Gasteiger partial charge in [0, 0.05) is 30.7 Å². The van der Waals surface area contributed by atoms with Crippen molar-refractivity contribution in [2.75, 3.05) is 12.8 Å². The molecule has 0 spiro atoms. The van der Waals surface area contributed by atoms with E-state index in [2.05, 4.69) is 5.32 Å². The molecule has 0 bridgehead atoms. The number of hydrogen-bond donors (Lipinski definition) is 1. The van der Waals surface area contributed by atoms with Crippen LogP contribution in [-0.4, -0.2) is 35.6 Å². The van der Waals surface area contributed by atoms with Crippen molar-refractivity contribution in [2.24, 2.45) is 0 Å². The minimum Gasteiger partial charge on any atom is -0.357 e. The van der Waals surface area contributed by atoms with Gasteiger partial charge in [0.2, 0.25) is 11.8 Å². The Morgan fingerprint density at radius 1 is 1.11 bits per heavy atom. The van der Waals surface area contributed by atoms with E-state index in [-0.39, 0.29) is 11.8 Å². The van der Waals surface area contributed by atoms with Crippen LogP contribution in [0, 0.1) is 0 Å². The predicted octanol–water partition coefficient (Wildman–Crippen LogP) is 5.03. The Kier molecular flexibility index (Phi) is 9.16. The molecule has 0 fully saturated rings. The van der Waals surface area contributed by atoms with Crippen molar-refractivity contribution in [3.05, 3.63) is 64.1 Å². The van der Waals surface area contributed by atoms with Crippen molar-refractivity contribution in [3.8, 4) is 0 Å². The highest BCUT2D eigenvalue weighted by atomic mass is 35.5. The van der Waals surface area contributed by atoms with Crippen LogP contribution in [0.2, 0.25) is 10.0 Å². The van der Waals surface area contributed by atoms with Crippen molar-refractivity contribution in [1.29, 1.82) is 0 Å². The van der Waals surface area contributed by atoms with Crippen LogP contribution in [0.1, 0.15) is 25.3 Å². The Labute approximate surface area is 180 Å². The Morgan fingerprint density at radius 3 is 2.43 bits per heavy atom. The highest BCUT2D eigenvalue weighted by molar-refractivity contribution is 7.99. The maximum atomic E-state index is 13.0. The van der Waals surface area contributed by atoms with Crippen LogP contribution < -0.4 is 5.32 Å². The molecule has 0 saturated carbocycles. The zero-order valence-electron chi connectivity index (χ0n) is 16.0. The molecule has 2 aromatic rings. The topological polar surface area (TPSA) is 49.4 Å². The quantitative estimate of drug-likeness (QED) is 0.558. The molecule has 0 radical (unpaired) electrons. The lowest BCUT2D eigenvalue weighted by molar-refractivity contribution is -0.140. The van der Waals surface area contributed by atoms with E-state index in [1.54, 1.807) is 35.8 Å². The van der Waals surface area contributed by atoms with Crippen LogP contribution >= 0.6 is 35.0 Å². The monoisotopic (exact) mass is 438 g/mol. The van der Waals surface area contributed by atoms with Crippen LogP contribution in [0.25, 0.3) is 0 Å². The average Bonchev–Trinajstić information content (AvgIpc) is 2.70. The van der Waals surface area contributed by atoms with Gasteiger partial charge < -0.3 is 10.2 Å². The first-order valence-electron chi connectivity index (χ1n) is 9.09. The minimum atomic E-state index is -0.534. The lowest BCUT2D eigenvalue weighted by atomic mass is 10.1. The van der Waals surface area contributed by atoms with E-state index >= 15 is 0 Å². The normalized spacial score (nSPS) is 11.7. The molecular formula is C21H24Cl2N2O2S. The standard InChI is InChI=1S/C21H24Cl2N2O2S/c1-3-19(21(27)24-2)25(14-15-9-10-17(22)18(23)13-15)20(26)11-12-28-16-7-5-4-6-8-16/h4-10,13,19H,3,11-12,14H2,1-2H3,(H,24,27). The van der Waals surface area contributed by atoms with Crippen molar-refractivity contribution in [2.45, 2.75) is 37.2 Å². The number of benzene rings is 2. The third-order valence-corrected chi connectivity index (χ3v) is 6.05. The van der Waals surface area contributed by atoms with Crippen LogP contribution in [0.5, 0.6) is 0 Å². The summed E-state index contributed by atoms with van der Waals surface area (Å²) < 4.78 is 0. The first kappa shape index (κ1) is 22.6. The highest BCUT2D eigenvalue weighted by Crippen LogP contribution is 2.25. The summed E-state index contributed by atoms with van der Waals surface area (Å²) in [4.78, 5) is 28.1. The Bertz CT molecular complexity index is 802. The molecule has 1 atom stereocenters. The average molecular weight is 439 g/mol. The van der Waals surface area contributed by atoms with Gasteiger partial charge in [-0.2, -0.15) is 0 Å². The van der Waals surface area contributed by atoms with Gasteiger partial charge in [-0.05, 0) is 36.2 Å². The van der Waals surface area contributed by atoms with Crippen LogP contribution in [0.15, 0.2) is 53.4 Å². The second-order valence-corrected chi connectivity index (χ2v) is 8.20. The zero-order valence-corrected chi connectivity index (χ0v) is 18.3. The summed E-state index contributed by atoms with van der Waals surface area (Å²) in [6.07, 6.45) is 0.868. The number of nitrogens with zero attached hydrogens (tertiary/aromatic N) is 1. The Balaban J connectivity index is 2.12. The smallest absolute Gasteiger partial charge is 0.242 e. The number of halogens is 2. The van der Waals surface area contributed by atoms with E-state index < -0.39 is 6.04 Å². The Morgan fingerprint density at radius 2 is 1.82 bits per heavy atom. The number of carbonyl (C=O) groups is 2. The molecule has 2 amide bonds. The second-order valence-electron chi connectivity index (χ2n) is 6.22. The molecule has 0 heterocycles. The molecule has 0 aliphatic rings. The molecule has 1 N–H and O–H groups in total. The van der Waals surface area contributed by atoms with E-state index in [1.165, 1.54) is 0 Å². The molecule has 0 aromatic heterocycles. The van der Waals surface area contributed by atoms with Gasteiger partial charge in [-0.25, -0.2) is 0 Å². The molecule has 7 heteroatoms. The first-order chi connectivity index (χ1) is 13.5. The molecule has 1 unspecified atom stereocenters. The number of amides is 2. The van der Waals surface area contributed by atoms with E-state index in [1.807, 2.05) is 43.3 Å². The zero-order chi connectivity index (χ0) is 20.5.